The Hall–Kier alpha value is -2.66. The summed E-state index contributed by atoms with van der Waals surface area (Å²) in [6.45, 7) is 1.82. The van der Waals surface area contributed by atoms with Gasteiger partial charge in [0.25, 0.3) is 5.91 Å². The molecule has 2 N–H and O–H groups in total. The van der Waals surface area contributed by atoms with E-state index in [4.69, 9.17) is 11.6 Å². The van der Waals surface area contributed by atoms with Gasteiger partial charge in [0.1, 0.15) is 0 Å². The fourth-order valence-corrected chi connectivity index (χ4v) is 3.39. The lowest BCUT2D eigenvalue weighted by Crippen LogP contribution is -2.24. The van der Waals surface area contributed by atoms with Crippen LogP contribution in [0.2, 0.25) is 5.02 Å². The molecule has 0 aromatic heterocycles. The number of hydrogen-bond acceptors (Lipinski definition) is 3. The lowest BCUT2D eigenvalue weighted by atomic mass is 9.88. The Kier molecular flexibility index (Phi) is 6.82. The standard InChI is InChI=1S/C22H24ClN3O2/c1-15(25-26-22(28)18-7-11-19(23)12-8-18)16-9-13-20(14-10-16)24-21(27)17-5-3-2-4-6-17/h7-14,17H,2-6H2,1H3,(H,24,27)(H,26,28). The summed E-state index contributed by atoms with van der Waals surface area (Å²) in [5.74, 6) is -0.0692. The Balaban J connectivity index is 1.57. The van der Waals surface area contributed by atoms with Gasteiger partial charge in [-0.2, -0.15) is 5.10 Å². The van der Waals surface area contributed by atoms with Crippen molar-refractivity contribution < 1.29 is 9.59 Å². The minimum absolute atomic E-state index is 0.105. The first-order valence-corrected chi connectivity index (χ1v) is 9.92. The fraction of sp³-hybridized carbons (Fsp3) is 0.318. The highest BCUT2D eigenvalue weighted by molar-refractivity contribution is 6.30. The summed E-state index contributed by atoms with van der Waals surface area (Å²) >= 11 is 5.83. The molecule has 0 aliphatic heterocycles. The van der Waals surface area contributed by atoms with Crippen molar-refractivity contribution in [2.45, 2.75) is 39.0 Å². The minimum Gasteiger partial charge on any atom is -0.326 e. The number of carbonyl (C=O) groups is 2. The van der Waals surface area contributed by atoms with Crippen molar-refractivity contribution in [3.8, 4) is 0 Å². The highest BCUT2D eigenvalue weighted by atomic mass is 35.5. The molecule has 1 saturated carbocycles. The van der Waals surface area contributed by atoms with Gasteiger partial charge in [0.05, 0.1) is 5.71 Å². The van der Waals surface area contributed by atoms with Crippen LogP contribution in [0.3, 0.4) is 0 Å². The van der Waals surface area contributed by atoms with Crippen LogP contribution in [0, 0.1) is 5.92 Å². The number of rotatable bonds is 5. The normalized spacial score (nSPS) is 15.1. The number of hydrogen-bond donors (Lipinski definition) is 2. The molecule has 3 rings (SSSR count). The first-order valence-electron chi connectivity index (χ1n) is 9.54. The molecule has 2 aromatic rings. The summed E-state index contributed by atoms with van der Waals surface area (Å²) in [6.07, 6.45) is 5.44. The number of halogens is 1. The Bertz CT molecular complexity index is 854. The molecule has 0 radical (unpaired) electrons. The van der Waals surface area contributed by atoms with E-state index in [1.165, 1.54) is 6.42 Å². The van der Waals surface area contributed by atoms with Crippen LogP contribution in [0.5, 0.6) is 0 Å². The minimum atomic E-state index is -0.299. The zero-order chi connectivity index (χ0) is 19.9. The Labute approximate surface area is 170 Å². The predicted molar refractivity (Wildman–Crippen MR) is 113 cm³/mol. The van der Waals surface area contributed by atoms with Gasteiger partial charge >= 0.3 is 0 Å². The number of amides is 2. The number of anilines is 1. The zero-order valence-corrected chi connectivity index (χ0v) is 16.6. The molecule has 146 valence electrons. The van der Waals surface area contributed by atoms with Crippen LogP contribution in [-0.4, -0.2) is 17.5 Å². The molecule has 0 atom stereocenters. The third-order valence-electron chi connectivity index (χ3n) is 4.98. The van der Waals surface area contributed by atoms with Gasteiger partial charge in [-0.05, 0) is 61.7 Å². The molecule has 1 fully saturated rings. The highest BCUT2D eigenvalue weighted by Gasteiger charge is 2.20. The van der Waals surface area contributed by atoms with Crippen LogP contribution in [0.4, 0.5) is 5.69 Å². The predicted octanol–water partition coefficient (Wildman–Crippen LogP) is 5.01. The van der Waals surface area contributed by atoms with E-state index in [-0.39, 0.29) is 17.7 Å². The molecular weight excluding hydrogens is 374 g/mol. The van der Waals surface area contributed by atoms with Gasteiger partial charge in [-0.15, -0.1) is 0 Å². The molecule has 0 heterocycles. The average molecular weight is 398 g/mol. The second-order valence-electron chi connectivity index (χ2n) is 7.05. The quantitative estimate of drug-likeness (QED) is 0.549. The number of benzene rings is 2. The van der Waals surface area contributed by atoms with E-state index in [1.54, 1.807) is 24.3 Å². The maximum Gasteiger partial charge on any atom is 0.271 e. The van der Waals surface area contributed by atoms with E-state index in [0.29, 0.717) is 16.3 Å². The number of carbonyl (C=O) groups excluding carboxylic acids is 2. The molecule has 2 amide bonds. The zero-order valence-electron chi connectivity index (χ0n) is 15.9. The van der Waals surface area contributed by atoms with E-state index in [9.17, 15) is 9.59 Å². The maximum absolute atomic E-state index is 12.3. The Morgan fingerprint density at radius 1 is 0.929 bits per heavy atom. The van der Waals surface area contributed by atoms with Crippen molar-refractivity contribution in [3.63, 3.8) is 0 Å². The summed E-state index contributed by atoms with van der Waals surface area (Å²) in [4.78, 5) is 24.4. The first kappa shape index (κ1) is 20.1. The molecule has 0 spiro atoms. The molecule has 1 aliphatic rings. The monoisotopic (exact) mass is 397 g/mol. The molecule has 0 bridgehead atoms. The summed E-state index contributed by atoms with van der Waals surface area (Å²) in [6, 6.07) is 14.1. The van der Waals surface area contributed by atoms with E-state index >= 15 is 0 Å². The maximum atomic E-state index is 12.3. The number of nitrogens with zero attached hydrogens (tertiary/aromatic N) is 1. The molecular formula is C22H24ClN3O2. The van der Waals surface area contributed by atoms with Crippen molar-refractivity contribution in [2.75, 3.05) is 5.32 Å². The van der Waals surface area contributed by atoms with Gasteiger partial charge in [0, 0.05) is 22.2 Å². The topological polar surface area (TPSA) is 70.6 Å². The van der Waals surface area contributed by atoms with E-state index in [1.807, 2.05) is 31.2 Å². The number of hydrazone groups is 1. The van der Waals surface area contributed by atoms with Gasteiger partial charge in [0.2, 0.25) is 5.91 Å². The van der Waals surface area contributed by atoms with Crippen molar-refractivity contribution in [2.24, 2.45) is 11.0 Å². The van der Waals surface area contributed by atoms with E-state index < -0.39 is 0 Å². The van der Waals surface area contributed by atoms with Crippen LogP contribution >= 0.6 is 11.6 Å². The molecule has 2 aromatic carbocycles. The van der Waals surface area contributed by atoms with Gasteiger partial charge in [-0.3, -0.25) is 9.59 Å². The summed E-state index contributed by atoms with van der Waals surface area (Å²) in [5, 5.41) is 7.72. The smallest absolute Gasteiger partial charge is 0.271 e. The molecule has 5 nitrogen and oxygen atoms in total. The lowest BCUT2D eigenvalue weighted by Gasteiger charge is -2.20. The molecule has 0 unspecified atom stereocenters. The first-order chi connectivity index (χ1) is 13.5. The van der Waals surface area contributed by atoms with E-state index in [2.05, 4.69) is 15.8 Å². The van der Waals surface area contributed by atoms with Gasteiger partial charge in [-0.1, -0.05) is 43.0 Å². The van der Waals surface area contributed by atoms with Crippen LogP contribution in [0.15, 0.2) is 53.6 Å². The largest absolute Gasteiger partial charge is 0.326 e. The Morgan fingerprint density at radius 2 is 1.54 bits per heavy atom. The fourth-order valence-electron chi connectivity index (χ4n) is 3.27. The van der Waals surface area contributed by atoms with Crippen molar-refractivity contribution >= 4 is 34.8 Å². The van der Waals surface area contributed by atoms with Crippen molar-refractivity contribution in [1.29, 1.82) is 0 Å². The summed E-state index contributed by atoms with van der Waals surface area (Å²) < 4.78 is 0. The SMILES string of the molecule is CC(=NNC(=O)c1ccc(Cl)cc1)c1ccc(NC(=O)C2CCCCC2)cc1. The van der Waals surface area contributed by atoms with Gasteiger partial charge in [0.15, 0.2) is 0 Å². The second-order valence-corrected chi connectivity index (χ2v) is 7.48. The number of nitrogens with one attached hydrogen (secondary N) is 2. The van der Waals surface area contributed by atoms with Crippen LogP contribution in [0.1, 0.15) is 54.9 Å². The molecule has 6 heteroatoms. The third kappa shape index (κ3) is 5.42. The van der Waals surface area contributed by atoms with Crippen molar-refractivity contribution in [1.82, 2.24) is 5.43 Å². The third-order valence-corrected chi connectivity index (χ3v) is 5.23. The molecule has 0 saturated heterocycles. The van der Waals surface area contributed by atoms with Crippen molar-refractivity contribution in [3.05, 3.63) is 64.7 Å². The Morgan fingerprint density at radius 3 is 2.18 bits per heavy atom. The van der Waals surface area contributed by atoms with Crippen LogP contribution < -0.4 is 10.7 Å². The lowest BCUT2D eigenvalue weighted by molar-refractivity contribution is -0.120. The van der Waals surface area contributed by atoms with Crippen LogP contribution in [-0.2, 0) is 4.79 Å². The van der Waals surface area contributed by atoms with E-state index in [0.717, 1.165) is 36.9 Å². The molecule has 28 heavy (non-hydrogen) atoms. The average Bonchev–Trinajstić information content (AvgIpc) is 2.73. The van der Waals surface area contributed by atoms with Gasteiger partial charge < -0.3 is 5.32 Å². The molecule has 1 aliphatic carbocycles. The van der Waals surface area contributed by atoms with Gasteiger partial charge in [-0.25, -0.2) is 5.43 Å². The summed E-state index contributed by atoms with van der Waals surface area (Å²) in [7, 11) is 0. The second kappa shape index (κ2) is 9.51. The summed E-state index contributed by atoms with van der Waals surface area (Å²) in [5.41, 5.74) is 5.35. The highest BCUT2D eigenvalue weighted by Crippen LogP contribution is 2.25. The van der Waals surface area contributed by atoms with Crippen LogP contribution in [0.25, 0.3) is 0 Å².